The summed E-state index contributed by atoms with van der Waals surface area (Å²) < 4.78 is 26.0. The third-order valence-electron chi connectivity index (χ3n) is 8.28. The lowest BCUT2D eigenvalue weighted by atomic mass is 9.94. The molecule has 0 amide bonds. The van der Waals surface area contributed by atoms with Crippen LogP contribution in [0.1, 0.15) is 97.3 Å². The third kappa shape index (κ3) is 6.57. The minimum Gasteiger partial charge on any atom is -0.462 e. The number of carbonyl (C=O) groups excluding carboxylic acids is 1. The Bertz CT molecular complexity index is 766. The van der Waals surface area contributed by atoms with Crippen LogP contribution in [0.3, 0.4) is 0 Å². The van der Waals surface area contributed by atoms with E-state index < -0.39 is 14.1 Å². The van der Waals surface area contributed by atoms with Gasteiger partial charge in [-0.1, -0.05) is 73.1 Å². The van der Waals surface area contributed by atoms with Gasteiger partial charge in [0, 0.05) is 12.8 Å². The molecule has 198 valence electrons. The SMILES string of the molecule is CC(C)[Si](O[C@@H]([C@@H](C)CCOC(=O)c1ccccc1)[C@H]1COC2(CCCCC2)O1)(C(C)C)C(C)C. The summed E-state index contributed by atoms with van der Waals surface area (Å²) in [5, 5.41) is 0. The topological polar surface area (TPSA) is 54.0 Å². The number of esters is 1. The molecule has 0 N–H and O–H groups in total. The molecule has 1 spiro atoms. The summed E-state index contributed by atoms with van der Waals surface area (Å²) >= 11 is 0. The van der Waals surface area contributed by atoms with Gasteiger partial charge in [0.1, 0.15) is 6.10 Å². The molecule has 6 heteroatoms. The summed E-state index contributed by atoms with van der Waals surface area (Å²) in [4.78, 5) is 12.5. The number of carbonyl (C=O) groups is 1. The summed E-state index contributed by atoms with van der Waals surface area (Å²) in [6.45, 7) is 17.1. The van der Waals surface area contributed by atoms with Crippen LogP contribution in [0.2, 0.25) is 16.6 Å². The van der Waals surface area contributed by atoms with Crippen LogP contribution in [0.4, 0.5) is 0 Å². The first-order valence-corrected chi connectivity index (χ1v) is 16.0. The van der Waals surface area contributed by atoms with E-state index >= 15 is 0 Å². The lowest BCUT2D eigenvalue weighted by Crippen LogP contribution is -2.54. The Morgan fingerprint density at radius 1 is 0.971 bits per heavy atom. The number of hydrogen-bond donors (Lipinski definition) is 0. The Morgan fingerprint density at radius 3 is 2.14 bits per heavy atom. The van der Waals surface area contributed by atoms with Crippen LogP contribution in [0.5, 0.6) is 0 Å². The van der Waals surface area contributed by atoms with Crippen molar-refractivity contribution < 1.29 is 23.4 Å². The van der Waals surface area contributed by atoms with E-state index in [1.165, 1.54) is 6.42 Å². The van der Waals surface area contributed by atoms with Crippen molar-refractivity contribution in [3.05, 3.63) is 35.9 Å². The maximum Gasteiger partial charge on any atom is 0.338 e. The lowest BCUT2D eigenvalue weighted by Gasteiger charge is -2.47. The zero-order valence-corrected chi connectivity index (χ0v) is 24.0. The molecule has 0 bridgehead atoms. The van der Waals surface area contributed by atoms with Gasteiger partial charge in [-0.15, -0.1) is 0 Å². The van der Waals surface area contributed by atoms with Crippen molar-refractivity contribution in [2.24, 2.45) is 5.92 Å². The van der Waals surface area contributed by atoms with Crippen molar-refractivity contribution in [2.45, 2.75) is 122 Å². The molecule has 1 aromatic rings. The standard InChI is InChI=1S/C29H48O5Si/c1-21(2)35(22(3)4,23(5)6)34-27(26-20-32-29(33-26)17-12-9-13-18-29)24(7)16-19-31-28(30)25-14-10-8-11-15-25/h8,10-11,14-15,21-24,26-27H,9,12-13,16-20H2,1-7H3/t24-,26+,27-/m0/s1. The largest absolute Gasteiger partial charge is 0.462 e. The minimum absolute atomic E-state index is 0.0782. The van der Waals surface area contributed by atoms with E-state index in [9.17, 15) is 4.79 Å². The highest BCUT2D eigenvalue weighted by atomic mass is 28.4. The van der Waals surface area contributed by atoms with E-state index in [1.54, 1.807) is 12.1 Å². The average Bonchev–Trinajstić information content (AvgIpc) is 3.22. The van der Waals surface area contributed by atoms with Crippen LogP contribution < -0.4 is 0 Å². The van der Waals surface area contributed by atoms with Gasteiger partial charge in [-0.05, 0) is 53.9 Å². The molecule has 2 aliphatic rings. The second kappa shape index (κ2) is 12.4. The molecule has 5 nitrogen and oxygen atoms in total. The number of rotatable bonds is 11. The predicted octanol–water partition coefficient (Wildman–Crippen LogP) is 7.51. The maximum atomic E-state index is 12.5. The van der Waals surface area contributed by atoms with E-state index in [2.05, 4.69) is 48.5 Å². The molecule has 1 saturated heterocycles. The smallest absolute Gasteiger partial charge is 0.338 e. The lowest BCUT2D eigenvalue weighted by molar-refractivity contribution is -0.197. The van der Waals surface area contributed by atoms with Gasteiger partial charge >= 0.3 is 5.97 Å². The van der Waals surface area contributed by atoms with E-state index in [-0.39, 0.29) is 24.1 Å². The molecule has 0 unspecified atom stereocenters. The van der Waals surface area contributed by atoms with Crippen molar-refractivity contribution >= 4 is 14.3 Å². The van der Waals surface area contributed by atoms with Crippen LogP contribution in [-0.2, 0) is 18.6 Å². The van der Waals surface area contributed by atoms with Gasteiger partial charge in [-0.2, -0.15) is 0 Å². The molecule has 0 radical (unpaired) electrons. The number of benzene rings is 1. The van der Waals surface area contributed by atoms with Crippen molar-refractivity contribution in [3.63, 3.8) is 0 Å². The van der Waals surface area contributed by atoms with Gasteiger partial charge in [-0.3, -0.25) is 0 Å². The zero-order chi connectivity index (χ0) is 25.6. The molecule has 1 aliphatic carbocycles. The molecule has 1 aliphatic heterocycles. The summed E-state index contributed by atoms with van der Waals surface area (Å²) in [5.74, 6) is -0.525. The molecule has 2 fully saturated rings. The summed E-state index contributed by atoms with van der Waals surface area (Å²) in [6.07, 6.45) is 6.08. The predicted molar refractivity (Wildman–Crippen MR) is 143 cm³/mol. The molecule has 35 heavy (non-hydrogen) atoms. The van der Waals surface area contributed by atoms with Crippen LogP contribution in [0.15, 0.2) is 30.3 Å². The average molecular weight is 505 g/mol. The second-order valence-corrected chi connectivity index (χ2v) is 17.0. The molecule has 3 atom stereocenters. The van der Waals surface area contributed by atoms with Gasteiger partial charge in [-0.25, -0.2) is 4.79 Å². The molecular formula is C29H48O5Si. The van der Waals surface area contributed by atoms with Gasteiger partial charge in [0.05, 0.1) is 24.9 Å². The highest BCUT2D eigenvalue weighted by Crippen LogP contribution is 2.46. The fourth-order valence-electron chi connectivity index (χ4n) is 6.45. The normalized spacial score (nSPS) is 22.2. The Labute approximate surface area is 214 Å². The Kier molecular flexibility index (Phi) is 10.0. The molecule has 3 rings (SSSR count). The van der Waals surface area contributed by atoms with Crippen molar-refractivity contribution in [1.82, 2.24) is 0 Å². The van der Waals surface area contributed by atoms with Crippen LogP contribution in [-0.4, -0.2) is 45.5 Å². The third-order valence-corrected chi connectivity index (χ3v) is 14.4. The van der Waals surface area contributed by atoms with Gasteiger partial charge < -0.3 is 18.6 Å². The Balaban J connectivity index is 1.75. The number of ether oxygens (including phenoxy) is 3. The Morgan fingerprint density at radius 2 is 1.57 bits per heavy atom. The van der Waals surface area contributed by atoms with Gasteiger partial charge in [0.25, 0.3) is 0 Å². The first kappa shape index (κ1) is 28.4. The molecular weight excluding hydrogens is 456 g/mol. The van der Waals surface area contributed by atoms with Gasteiger partial charge in [0.2, 0.25) is 8.32 Å². The van der Waals surface area contributed by atoms with E-state index in [1.807, 2.05) is 18.2 Å². The molecule has 1 heterocycles. The molecule has 1 aromatic carbocycles. The highest BCUT2D eigenvalue weighted by Gasteiger charge is 2.52. The van der Waals surface area contributed by atoms with Crippen molar-refractivity contribution in [1.29, 1.82) is 0 Å². The van der Waals surface area contributed by atoms with E-state index in [0.29, 0.717) is 35.4 Å². The van der Waals surface area contributed by atoms with Gasteiger partial charge in [0.15, 0.2) is 5.79 Å². The van der Waals surface area contributed by atoms with Crippen LogP contribution in [0, 0.1) is 5.92 Å². The first-order chi connectivity index (χ1) is 16.6. The summed E-state index contributed by atoms with van der Waals surface area (Å²) in [5.41, 5.74) is 2.04. The monoisotopic (exact) mass is 504 g/mol. The Hall–Kier alpha value is -1.21. The fraction of sp³-hybridized carbons (Fsp3) is 0.759. The van der Waals surface area contributed by atoms with Crippen LogP contribution in [0.25, 0.3) is 0 Å². The zero-order valence-electron chi connectivity index (χ0n) is 23.0. The van der Waals surface area contributed by atoms with E-state index in [4.69, 9.17) is 18.6 Å². The fourth-order valence-corrected chi connectivity index (χ4v) is 12.1. The summed E-state index contributed by atoms with van der Waals surface area (Å²) in [6, 6.07) is 9.20. The number of hydrogen-bond acceptors (Lipinski definition) is 5. The van der Waals surface area contributed by atoms with Crippen LogP contribution >= 0.6 is 0 Å². The summed E-state index contributed by atoms with van der Waals surface area (Å²) in [7, 11) is -2.14. The quantitative estimate of drug-likeness (QED) is 0.231. The van der Waals surface area contributed by atoms with Crippen molar-refractivity contribution in [2.75, 3.05) is 13.2 Å². The van der Waals surface area contributed by atoms with E-state index in [0.717, 1.165) is 32.1 Å². The molecule has 0 aromatic heterocycles. The highest BCUT2D eigenvalue weighted by molar-refractivity contribution is 6.77. The maximum absolute atomic E-state index is 12.5. The second-order valence-electron chi connectivity index (χ2n) is 11.6. The molecule has 1 saturated carbocycles. The first-order valence-electron chi connectivity index (χ1n) is 13.8. The van der Waals surface area contributed by atoms with Crippen molar-refractivity contribution in [3.8, 4) is 0 Å². The minimum atomic E-state index is -2.14.